The van der Waals surface area contributed by atoms with E-state index in [4.69, 9.17) is 23.2 Å². The Morgan fingerprint density at radius 1 is 0.964 bits per heavy atom. The van der Waals surface area contributed by atoms with Crippen LogP contribution in [-0.2, 0) is 4.79 Å². The number of likely N-dealkylation sites (tertiary alicyclic amines) is 1. The van der Waals surface area contributed by atoms with Crippen molar-refractivity contribution in [3.8, 4) is 0 Å². The fraction of sp³-hybridized carbons (Fsp3) is 0.261. The molecule has 2 atom stereocenters. The van der Waals surface area contributed by atoms with E-state index in [0.29, 0.717) is 16.6 Å². The minimum atomic E-state index is -0.726. The second kappa shape index (κ2) is 8.12. The molecule has 0 radical (unpaired) electrons. The summed E-state index contributed by atoms with van der Waals surface area (Å²) >= 11 is 12.5. The van der Waals surface area contributed by atoms with Gasteiger partial charge in [0, 0.05) is 6.54 Å². The van der Waals surface area contributed by atoms with E-state index in [1.807, 2.05) is 30.3 Å². The van der Waals surface area contributed by atoms with Gasteiger partial charge >= 0.3 is 5.97 Å². The molecule has 1 N–H and O–H groups in total. The average Bonchev–Trinajstić information content (AvgIpc) is 2.71. The molecule has 0 spiro atoms. The second-order valence-corrected chi connectivity index (χ2v) is 8.17. The first-order valence-corrected chi connectivity index (χ1v) is 10.2. The highest BCUT2D eigenvalue weighted by Gasteiger charge is 2.31. The maximum atomic E-state index is 11.6. The number of halogens is 2. The highest BCUT2D eigenvalue weighted by Crippen LogP contribution is 2.36. The number of hydrogen-bond acceptors (Lipinski definition) is 2. The average molecular weight is 414 g/mol. The third-order valence-electron chi connectivity index (χ3n) is 5.52. The summed E-state index contributed by atoms with van der Waals surface area (Å²) in [7, 11) is 0. The number of piperidine rings is 1. The Morgan fingerprint density at radius 2 is 1.68 bits per heavy atom. The molecule has 0 bridgehead atoms. The molecule has 5 heteroatoms. The van der Waals surface area contributed by atoms with E-state index >= 15 is 0 Å². The summed E-state index contributed by atoms with van der Waals surface area (Å²) in [6, 6.07) is 20.3. The van der Waals surface area contributed by atoms with Gasteiger partial charge in [-0.15, -0.1) is 0 Å². The van der Waals surface area contributed by atoms with Crippen molar-refractivity contribution >= 4 is 39.9 Å². The van der Waals surface area contributed by atoms with Crippen LogP contribution in [-0.4, -0.2) is 29.1 Å². The number of rotatable bonds is 4. The number of nitrogens with zero attached hydrogens (tertiary/aromatic N) is 1. The van der Waals surface area contributed by atoms with E-state index in [1.54, 1.807) is 0 Å². The Kier molecular flexibility index (Phi) is 5.58. The lowest BCUT2D eigenvalue weighted by molar-refractivity contribution is -0.143. The Balaban J connectivity index is 1.80. The van der Waals surface area contributed by atoms with Crippen LogP contribution < -0.4 is 0 Å². The number of hydrogen-bond donors (Lipinski definition) is 1. The highest BCUT2D eigenvalue weighted by molar-refractivity contribution is 6.42. The molecule has 3 aromatic carbocycles. The first-order chi connectivity index (χ1) is 13.5. The topological polar surface area (TPSA) is 40.5 Å². The monoisotopic (exact) mass is 413 g/mol. The van der Waals surface area contributed by atoms with Crippen LogP contribution in [0.2, 0.25) is 10.0 Å². The zero-order chi connectivity index (χ0) is 19.7. The molecule has 3 aromatic rings. The van der Waals surface area contributed by atoms with Crippen LogP contribution in [0.25, 0.3) is 10.8 Å². The zero-order valence-electron chi connectivity index (χ0n) is 15.3. The number of carbonyl (C=O) groups is 1. The quantitative estimate of drug-likeness (QED) is 0.567. The highest BCUT2D eigenvalue weighted by atomic mass is 35.5. The zero-order valence-corrected chi connectivity index (χ0v) is 16.8. The Morgan fingerprint density at radius 3 is 2.43 bits per heavy atom. The van der Waals surface area contributed by atoms with Gasteiger partial charge in [0.2, 0.25) is 0 Å². The molecule has 1 fully saturated rings. The lowest BCUT2D eigenvalue weighted by atomic mass is 9.90. The molecule has 2 unspecified atom stereocenters. The van der Waals surface area contributed by atoms with E-state index in [2.05, 4.69) is 35.2 Å². The molecular formula is C23H21Cl2NO2. The number of fused-ring (bicyclic) bond motifs is 1. The molecule has 0 saturated carbocycles. The largest absolute Gasteiger partial charge is 0.481 e. The predicted molar refractivity (Wildman–Crippen MR) is 114 cm³/mol. The van der Waals surface area contributed by atoms with Gasteiger partial charge in [0.15, 0.2) is 0 Å². The maximum absolute atomic E-state index is 11.6. The predicted octanol–water partition coefficient (Wildman–Crippen LogP) is 6.03. The molecule has 28 heavy (non-hydrogen) atoms. The Hall–Kier alpha value is -2.07. The molecule has 0 aromatic heterocycles. The molecule has 1 saturated heterocycles. The normalized spacial score (nSPS) is 18.9. The van der Waals surface area contributed by atoms with Crippen LogP contribution >= 0.6 is 23.2 Å². The number of aliphatic carboxylic acids is 1. The van der Waals surface area contributed by atoms with Crippen molar-refractivity contribution in [2.75, 3.05) is 13.1 Å². The minimum Gasteiger partial charge on any atom is -0.481 e. The fourth-order valence-corrected chi connectivity index (χ4v) is 4.42. The van der Waals surface area contributed by atoms with Crippen LogP contribution in [0.5, 0.6) is 0 Å². The van der Waals surface area contributed by atoms with E-state index in [1.165, 1.54) is 5.39 Å². The molecule has 1 aliphatic rings. The van der Waals surface area contributed by atoms with Crippen molar-refractivity contribution < 1.29 is 9.90 Å². The summed E-state index contributed by atoms with van der Waals surface area (Å²) in [5.41, 5.74) is 2.15. The van der Waals surface area contributed by atoms with Gasteiger partial charge in [0.1, 0.15) is 0 Å². The number of carboxylic acids is 1. The molecule has 1 aliphatic heterocycles. The molecule has 0 aliphatic carbocycles. The summed E-state index contributed by atoms with van der Waals surface area (Å²) in [6.45, 7) is 1.37. The van der Waals surface area contributed by atoms with Crippen molar-refractivity contribution in [2.24, 2.45) is 5.92 Å². The van der Waals surface area contributed by atoms with Crippen LogP contribution in [0, 0.1) is 5.92 Å². The van der Waals surface area contributed by atoms with Crippen molar-refractivity contribution in [3.05, 3.63) is 81.8 Å². The van der Waals surface area contributed by atoms with Gasteiger partial charge in [-0.05, 0) is 59.5 Å². The smallest absolute Gasteiger partial charge is 0.307 e. The van der Waals surface area contributed by atoms with E-state index in [9.17, 15) is 9.90 Å². The van der Waals surface area contributed by atoms with Crippen LogP contribution in [0.15, 0.2) is 60.7 Å². The van der Waals surface area contributed by atoms with E-state index < -0.39 is 5.97 Å². The Bertz CT molecular complexity index is 1020. The van der Waals surface area contributed by atoms with Crippen LogP contribution in [0.3, 0.4) is 0 Å². The van der Waals surface area contributed by atoms with Crippen LogP contribution in [0.1, 0.15) is 30.0 Å². The summed E-state index contributed by atoms with van der Waals surface area (Å²) in [6.07, 6.45) is 1.58. The number of benzene rings is 3. The van der Waals surface area contributed by atoms with Gasteiger partial charge in [0.25, 0.3) is 0 Å². The van der Waals surface area contributed by atoms with Crippen LogP contribution in [0.4, 0.5) is 0 Å². The molecule has 4 rings (SSSR count). The molecule has 3 nitrogen and oxygen atoms in total. The molecule has 1 heterocycles. The van der Waals surface area contributed by atoms with E-state index in [-0.39, 0.29) is 12.0 Å². The second-order valence-electron chi connectivity index (χ2n) is 7.35. The van der Waals surface area contributed by atoms with Crippen molar-refractivity contribution in [3.63, 3.8) is 0 Å². The third kappa shape index (κ3) is 3.88. The van der Waals surface area contributed by atoms with Gasteiger partial charge in [0.05, 0.1) is 22.0 Å². The van der Waals surface area contributed by atoms with Gasteiger partial charge in [-0.2, -0.15) is 0 Å². The van der Waals surface area contributed by atoms with Gasteiger partial charge < -0.3 is 5.11 Å². The first-order valence-electron chi connectivity index (χ1n) is 9.43. The van der Waals surface area contributed by atoms with E-state index in [0.717, 1.165) is 35.9 Å². The Labute approximate surface area is 174 Å². The number of carboxylic acid groups (broad SMARTS) is 1. The van der Waals surface area contributed by atoms with Crippen molar-refractivity contribution in [2.45, 2.75) is 18.9 Å². The molecule has 144 valence electrons. The SMILES string of the molecule is O=C(O)C1CCCN(C(c2ccc(Cl)c(Cl)c2)c2ccc3ccccc3c2)C1. The van der Waals surface area contributed by atoms with Crippen molar-refractivity contribution in [1.29, 1.82) is 0 Å². The fourth-order valence-electron chi connectivity index (χ4n) is 4.12. The summed E-state index contributed by atoms with van der Waals surface area (Å²) in [5, 5.41) is 12.9. The molecular weight excluding hydrogens is 393 g/mol. The minimum absolute atomic E-state index is 0.0680. The summed E-state index contributed by atoms with van der Waals surface area (Å²) in [4.78, 5) is 13.9. The lowest BCUT2D eigenvalue weighted by Crippen LogP contribution is -2.41. The first kappa shape index (κ1) is 19.3. The van der Waals surface area contributed by atoms with Gasteiger partial charge in [-0.3, -0.25) is 9.69 Å². The lowest BCUT2D eigenvalue weighted by Gasteiger charge is -2.37. The van der Waals surface area contributed by atoms with Crippen molar-refractivity contribution in [1.82, 2.24) is 4.90 Å². The summed E-state index contributed by atoms with van der Waals surface area (Å²) in [5.74, 6) is -1.07. The van der Waals surface area contributed by atoms with Gasteiger partial charge in [-0.25, -0.2) is 0 Å². The maximum Gasteiger partial charge on any atom is 0.307 e. The standard InChI is InChI=1S/C23H21Cl2NO2/c24-20-10-9-18(13-21(20)25)22(26-11-3-6-19(14-26)23(27)28)17-8-7-15-4-1-2-5-16(15)12-17/h1-2,4-5,7-10,12-13,19,22H,3,6,11,14H2,(H,27,28). The van der Waals surface area contributed by atoms with Gasteiger partial charge in [-0.1, -0.05) is 65.7 Å². The third-order valence-corrected chi connectivity index (χ3v) is 6.25. The molecule has 0 amide bonds. The summed E-state index contributed by atoms with van der Waals surface area (Å²) < 4.78 is 0.